The Kier molecular flexibility index (Phi) is 5.31. The van der Waals surface area contributed by atoms with Crippen LogP contribution in [0.2, 0.25) is 0 Å². The summed E-state index contributed by atoms with van der Waals surface area (Å²) in [6.45, 7) is 1.83. The second-order valence-corrected chi connectivity index (χ2v) is 11.3. The van der Waals surface area contributed by atoms with Crippen molar-refractivity contribution >= 4 is 27.0 Å². The van der Waals surface area contributed by atoms with Gasteiger partial charge in [-0.25, -0.2) is 17.7 Å². The lowest BCUT2D eigenvalue weighted by Crippen LogP contribution is -2.61. The molecule has 1 aliphatic carbocycles. The standard InChI is InChI=1S/C22H30N4O3S/c27-22(17-5-2-1-3-6-17)25-14-18(15-25)30(28,29)26-11-8-16(9-12-26)20-13-24-21-19(20)7-4-10-23-21/h4,7,10,13,16-18H,1-3,5-6,8-9,11-12,14-15H2,(H,23,24). The molecule has 0 unspecified atom stereocenters. The van der Waals surface area contributed by atoms with Crippen LogP contribution in [0.3, 0.4) is 0 Å². The van der Waals surface area contributed by atoms with E-state index in [9.17, 15) is 13.2 Å². The molecule has 2 aromatic heterocycles. The van der Waals surface area contributed by atoms with Gasteiger partial charge in [-0.15, -0.1) is 0 Å². The van der Waals surface area contributed by atoms with Gasteiger partial charge in [-0.2, -0.15) is 0 Å². The molecule has 8 heteroatoms. The first-order valence-corrected chi connectivity index (χ1v) is 12.7. The Morgan fingerprint density at radius 3 is 2.53 bits per heavy atom. The Balaban J connectivity index is 1.17. The number of pyridine rings is 1. The van der Waals surface area contributed by atoms with Crippen LogP contribution in [0.5, 0.6) is 0 Å². The SMILES string of the molecule is O=C(C1CCCCC1)N1CC(S(=O)(=O)N2CCC(c3c[nH]c4ncccc34)CC2)C1. The molecule has 1 amide bonds. The number of hydrogen-bond acceptors (Lipinski definition) is 4. The second kappa shape index (κ2) is 7.96. The fraction of sp³-hybridized carbons (Fsp3) is 0.636. The van der Waals surface area contributed by atoms with Crippen molar-refractivity contribution < 1.29 is 13.2 Å². The molecule has 0 spiro atoms. The molecule has 2 aromatic rings. The summed E-state index contributed by atoms with van der Waals surface area (Å²) in [4.78, 5) is 22.0. The Morgan fingerprint density at radius 1 is 1.07 bits per heavy atom. The highest BCUT2D eigenvalue weighted by atomic mass is 32.2. The minimum atomic E-state index is -3.34. The first kappa shape index (κ1) is 20.0. The number of fused-ring (bicyclic) bond motifs is 1. The molecule has 162 valence electrons. The lowest BCUT2D eigenvalue weighted by molar-refractivity contribution is -0.139. The van der Waals surface area contributed by atoms with Gasteiger partial charge in [0.2, 0.25) is 15.9 Å². The molecule has 2 aliphatic heterocycles. The number of aromatic nitrogens is 2. The van der Waals surface area contributed by atoms with Gasteiger partial charge in [-0.1, -0.05) is 19.3 Å². The summed E-state index contributed by atoms with van der Waals surface area (Å²) in [7, 11) is -3.34. The largest absolute Gasteiger partial charge is 0.346 e. The first-order valence-electron chi connectivity index (χ1n) is 11.2. The van der Waals surface area contributed by atoms with Crippen molar-refractivity contribution in [1.29, 1.82) is 0 Å². The summed E-state index contributed by atoms with van der Waals surface area (Å²) in [5.41, 5.74) is 2.13. The maximum absolute atomic E-state index is 13.1. The van der Waals surface area contributed by atoms with Gasteiger partial charge in [-0.05, 0) is 49.3 Å². The van der Waals surface area contributed by atoms with Crippen LogP contribution in [-0.4, -0.2) is 64.9 Å². The highest BCUT2D eigenvalue weighted by Gasteiger charge is 2.44. The summed E-state index contributed by atoms with van der Waals surface area (Å²) < 4.78 is 27.8. The van der Waals surface area contributed by atoms with Gasteiger partial charge >= 0.3 is 0 Å². The number of piperidine rings is 1. The number of amides is 1. The molecule has 0 aromatic carbocycles. The summed E-state index contributed by atoms with van der Waals surface area (Å²) in [5, 5.41) is 0.702. The van der Waals surface area contributed by atoms with E-state index in [1.165, 1.54) is 12.0 Å². The maximum Gasteiger partial charge on any atom is 0.225 e. The molecule has 30 heavy (non-hydrogen) atoms. The van der Waals surface area contributed by atoms with Crippen LogP contribution in [0.4, 0.5) is 0 Å². The third-order valence-electron chi connectivity index (χ3n) is 7.27. The van der Waals surface area contributed by atoms with Gasteiger partial charge < -0.3 is 9.88 Å². The van der Waals surface area contributed by atoms with E-state index in [2.05, 4.69) is 16.0 Å². The molecule has 3 aliphatic rings. The van der Waals surface area contributed by atoms with Crippen LogP contribution in [0.15, 0.2) is 24.5 Å². The number of nitrogens with zero attached hydrogens (tertiary/aromatic N) is 3. The highest BCUT2D eigenvalue weighted by Crippen LogP contribution is 2.35. The minimum Gasteiger partial charge on any atom is -0.346 e. The van der Waals surface area contributed by atoms with Crippen LogP contribution in [0.1, 0.15) is 56.4 Å². The maximum atomic E-state index is 13.1. The number of likely N-dealkylation sites (tertiary alicyclic amines) is 1. The average molecular weight is 431 g/mol. The number of aromatic amines is 1. The number of nitrogens with one attached hydrogen (secondary N) is 1. The number of H-pyrrole nitrogens is 1. The van der Waals surface area contributed by atoms with Crippen LogP contribution < -0.4 is 0 Å². The minimum absolute atomic E-state index is 0.115. The van der Waals surface area contributed by atoms with Crippen molar-refractivity contribution in [2.75, 3.05) is 26.2 Å². The molecule has 0 atom stereocenters. The summed E-state index contributed by atoms with van der Waals surface area (Å²) in [6, 6.07) is 4.01. The second-order valence-electron chi connectivity index (χ2n) is 9.06. The zero-order valence-electron chi connectivity index (χ0n) is 17.3. The van der Waals surface area contributed by atoms with Gasteiger partial charge in [0.1, 0.15) is 10.9 Å². The highest BCUT2D eigenvalue weighted by molar-refractivity contribution is 7.89. The summed E-state index contributed by atoms with van der Waals surface area (Å²) in [5.74, 6) is 0.636. The molecule has 0 bridgehead atoms. The lowest BCUT2D eigenvalue weighted by Gasteiger charge is -2.43. The fourth-order valence-electron chi connectivity index (χ4n) is 5.36. The molecule has 1 N–H and O–H groups in total. The average Bonchev–Trinajstić information content (AvgIpc) is 3.17. The topological polar surface area (TPSA) is 86.4 Å². The van der Waals surface area contributed by atoms with E-state index in [4.69, 9.17) is 0 Å². The van der Waals surface area contributed by atoms with E-state index in [1.807, 2.05) is 12.3 Å². The van der Waals surface area contributed by atoms with E-state index >= 15 is 0 Å². The molecule has 2 saturated heterocycles. The quantitative estimate of drug-likeness (QED) is 0.808. The molecule has 3 fully saturated rings. The Bertz CT molecular complexity index is 1010. The molecular weight excluding hydrogens is 400 g/mol. The predicted molar refractivity (Wildman–Crippen MR) is 116 cm³/mol. The van der Waals surface area contributed by atoms with E-state index in [0.717, 1.165) is 49.6 Å². The Hall–Kier alpha value is -1.93. The molecule has 5 rings (SSSR count). The monoisotopic (exact) mass is 430 g/mol. The van der Waals surface area contributed by atoms with E-state index in [-0.39, 0.29) is 11.8 Å². The smallest absolute Gasteiger partial charge is 0.225 e. The van der Waals surface area contributed by atoms with Crippen LogP contribution in [0, 0.1) is 5.92 Å². The Morgan fingerprint density at radius 2 is 1.80 bits per heavy atom. The third-order valence-corrected chi connectivity index (χ3v) is 9.50. The van der Waals surface area contributed by atoms with Gasteiger partial charge in [0.25, 0.3) is 0 Å². The van der Waals surface area contributed by atoms with E-state index in [0.29, 0.717) is 32.1 Å². The Labute approximate surface area is 177 Å². The number of rotatable bonds is 4. The molecule has 0 radical (unpaired) electrons. The van der Waals surface area contributed by atoms with Crippen molar-refractivity contribution in [3.05, 3.63) is 30.1 Å². The molecule has 4 heterocycles. The normalized spacial score (nSPS) is 23.0. The van der Waals surface area contributed by atoms with Crippen LogP contribution in [0.25, 0.3) is 11.0 Å². The number of carbonyl (C=O) groups excluding carboxylic acids is 1. The van der Waals surface area contributed by atoms with Gasteiger partial charge in [0.15, 0.2) is 0 Å². The van der Waals surface area contributed by atoms with E-state index in [1.54, 1.807) is 15.4 Å². The van der Waals surface area contributed by atoms with E-state index < -0.39 is 15.3 Å². The molecular formula is C22H30N4O3S. The van der Waals surface area contributed by atoms with Gasteiger partial charge in [0.05, 0.1) is 0 Å². The molecule has 1 saturated carbocycles. The zero-order valence-corrected chi connectivity index (χ0v) is 18.1. The number of carbonyl (C=O) groups is 1. The lowest BCUT2D eigenvalue weighted by atomic mass is 9.87. The zero-order chi connectivity index (χ0) is 20.7. The van der Waals surface area contributed by atoms with Gasteiger partial charge in [-0.3, -0.25) is 4.79 Å². The van der Waals surface area contributed by atoms with Crippen molar-refractivity contribution in [3.63, 3.8) is 0 Å². The number of hydrogen-bond donors (Lipinski definition) is 1. The molecule has 7 nitrogen and oxygen atoms in total. The number of sulfonamides is 1. The van der Waals surface area contributed by atoms with Crippen molar-refractivity contribution in [1.82, 2.24) is 19.2 Å². The van der Waals surface area contributed by atoms with Crippen molar-refractivity contribution in [2.45, 2.75) is 56.1 Å². The van der Waals surface area contributed by atoms with Crippen LogP contribution >= 0.6 is 0 Å². The summed E-state index contributed by atoms with van der Waals surface area (Å²) >= 11 is 0. The fourth-order valence-corrected chi connectivity index (χ4v) is 7.24. The van der Waals surface area contributed by atoms with Crippen LogP contribution in [-0.2, 0) is 14.8 Å². The predicted octanol–water partition coefficient (Wildman–Crippen LogP) is 2.86. The first-order chi connectivity index (χ1) is 14.5. The van der Waals surface area contributed by atoms with Crippen molar-refractivity contribution in [3.8, 4) is 0 Å². The third kappa shape index (κ3) is 3.54. The van der Waals surface area contributed by atoms with Gasteiger partial charge in [0, 0.05) is 49.9 Å². The summed E-state index contributed by atoms with van der Waals surface area (Å²) in [6.07, 6.45) is 10.8. The van der Waals surface area contributed by atoms with Crippen molar-refractivity contribution in [2.24, 2.45) is 5.92 Å².